The molecule has 0 saturated carbocycles. The number of rotatable bonds is 4. The fraction of sp³-hybridized carbons (Fsp3) is 0.353. The third-order valence-corrected chi connectivity index (χ3v) is 4.33. The zero-order valence-corrected chi connectivity index (χ0v) is 15.3. The van der Waals surface area contributed by atoms with E-state index < -0.39 is 5.41 Å². The molecule has 2 aromatic rings. The van der Waals surface area contributed by atoms with Crippen molar-refractivity contribution in [1.82, 2.24) is 4.37 Å². The molecule has 0 aliphatic rings. The number of aromatic nitrogens is 1. The van der Waals surface area contributed by atoms with Crippen LogP contribution in [-0.2, 0) is 4.79 Å². The molecule has 1 aromatic carbocycles. The van der Waals surface area contributed by atoms with E-state index in [0.29, 0.717) is 22.6 Å². The van der Waals surface area contributed by atoms with Crippen LogP contribution in [0, 0.1) is 12.3 Å². The van der Waals surface area contributed by atoms with Gasteiger partial charge in [0.1, 0.15) is 5.00 Å². The molecule has 0 fully saturated rings. The number of nitrogens with one attached hydrogen (secondary N) is 3. The van der Waals surface area contributed by atoms with Gasteiger partial charge in [-0.25, -0.2) is 0 Å². The standard InChI is InChI=1S/C17H22N4O2S/c1-10-13(15(18-5)24-21-10)14(22)19-11-7-6-8-12(9-11)20-16(23)17(2,3)4/h6-9,18H,1-5H3,(H,19,22)(H,20,23). The summed E-state index contributed by atoms with van der Waals surface area (Å²) in [6.45, 7) is 7.34. The van der Waals surface area contributed by atoms with E-state index in [1.54, 1.807) is 38.2 Å². The summed E-state index contributed by atoms with van der Waals surface area (Å²) in [5, 5.41) is 9.40. The van der Waals surface area contributed by atoms with Gasteiger partial charge in [0.15, 0.2) is 0 Å². The zero-order chi connectivity index (χ0) is 17.9. The Bertz CT molecular complexity index is 762. The van der Waals surface area contributed by atoms with Crippen molar-refractivity contribution in [3.05, 3.63) is 35.5 Å². The molecule has 0 aliphatic heterocycles. The summed E-state index contributed by atoms with van der Waals surface area (Å²) in [5.41, 5.74) is 1.98. The van der Waals surface area contributed by atoms with E-state index in [4.69, 9.17) is 0 Å². The molecular weight excluding hydrogens is 324 g/mol. The molecule has 1 heterocycles. The van der Waals surface area contributed by atoms with Gasteiger partial charge in [0.25, 0.3) is 5.91 Å². The molecule has 128 valence electrons. The number of nitrogens with zero attached hydrogens (tertiary/aromatic N) is 1. The summed E-state index contributed by atoms with van der Waals surface area (Å²) in [4.78, 5) is 24.6. The predicted molar refractivity (Wildman–Crippen MR) is 98.9 cm³/mol. The first kappa shape index (κ1) is 17.9. The topological polar surface area (TPSA) is 83.1 Å². The maximum absolute atomic E-state index is 12.5. The first-order chi connectivity index (χ1) is 11.2. The van der Waals surface area contributed by atoms with Gasteiger partial charge in [0, 0.05) is 23.8 Å². The Morgan fingerprint density at radius 2 is 1.75 bits per heavy atom. The summed E-state index contributed by atoms with van der Waals surface area (Å²) < 4.78 is 4.20. The van der Waals surface area contributed by atoms with Crippen molar-refractivity contribution in [2.24, 2.45) is 5.41 Å². The zero-order valence-electron chi connectivity index (χ0n) is 14.5. The second kappa shape index (κ2) is 7.00. The Hall–Kier alpha value is -2.41. The number of aryl methyl sites for hydroxylation is 1. The number of anilines is 3. The van der Waals surface area contributed by atoms with E-state index in [1.165, 1.54) is 11.5 Å². The number of amides is 2. The lowest BCUT2D eigenvalue weighted by atomic mass is 9.95. The van der Waals surface area contributed by atoms with Crippen LogP contribution in [0.15, 0.2) is 24.3 Å². The van der Waals surface area contributed by atoms with E-state index in [-0.39, 0.29) is 11.8 Å². The molecule has 24 heavy (non-hydrogen) atoms. The summed E-state index contributed by atoms with van der Waals surface area (Å²) in [6.07, 6.45) is 0. The van der Waals surface area contributed by atoms with Crippen LogP contribution in [0.25, 0.3) is 0 Å². The first-order valence-corrected chi connectivity index (χ1v) is 8.36. The van der Waals surface area contributed by atoms with Crippen LogP contribution < -0.4 is 16.0 Å². The summed E-state index contributed by atoms with van der Waals surface area (Å²) in [7, 11) is 1.76. The summed E-state index contributed by atoms with van der Waals surface area (Å²) >= 11 is 1.25. The molecule has 2 rings (SSSR count). The Balaban J connectivity index is 2.16. The molecule has 3 N–H and O–H groups in total. The van der Waals surface area contributed by atoms with Crippen LogP contribution in [0.1, 0.15) is 36.8 Å². The fourth-order valence-electron chi connectivity index (χ4n) is 1.99. The van der Waals surface area contributed by atoms with Crippen LogP contribution in [0.2, 0.25) is 0 Å². The molecule has 1 aromatic heterocycles. The predicted octanol–water partition coefficient (Wildman–Crippen LogP) is 3.73. The number of benzene rings is 1. The van der Waals surface area contributed by atoms with Crippen molar-refractivity contribution in [1.29, 1.82) is 0 Å². The van der Waals surface area contributed by atoms with Crippen molar-refractivity contribution in [2.45, 2.75) is 27.7 Å². The van der Waals surface area contributed by atoms with Gasteiger partial charge in [0.05, 0.1) is 11.3 Å². The molecule has 0 aliphatic carbocycles. The van der Waals surface area contributed by atoms with Crippen molar-refractivity contribution in [3.8, 4) is 0 Å². The lowest BCUT2D eigenvalue weighted by Gasteiger charge is -2.18. The molecule has 0 atom stereocenters. The maximum Gasteiger partial charge on any atom is 0.260 e. The van der Waals surface area contributed by atoms with Crippen molar-refractivity contribution in [3.63, 3.8) is 0 Å². The highest BCUT2D eigenvalue weighted by Crippen LogP contribution is 2.26. The van der Waals surface area contributed by atoms with E-state index in [0.717, 1.165) is 5.00 Å². The monoisotopic (exact) mass is 346 g/mol. The summed E-state index contributed by atoms with van der Waals surface area (Å²) in [5.74, 6) is -0.314. The maximum atomic E-state index is 12.5. The minimum Gasteiger partial charge on any atom is -0.378 e. The van der Waals surface area contributed by atoms with Crippen molar-refractivity contribution in [2.75, 3.05) is 23.0 Å². The third-order valence-electron chi connectivity index (χ3n) is 3.38. The van der Waals surface area contributed by atoms with Crippen molar-refractivity contribution >= 4 is 39.7 Å². The molecule has 0 spiro atoms. The highest BCUT2D eigenvalue weighted by molar-refractivity contribution is 7.10. The number of carbonyl (C=O) groups is 2. The van der Waals surface area contributed by atoms with Gasteiger partial charge in [-0.2, -0.15) is 4.37 Å². The SMILES string of the molecule is CNc1snc(C)c1C(=O)Nc1cccc(NC(=O)C(C)(C)C)c1. The highest BCUT2D eigenvalue weighted by atomic mass is 32.1. The van der Waals surface area contributed by atoms with Crippen LogP contribution in [0.3, 0.4) is 0 Å². The number of hydrogen-bond acceptors (Lipinski definition) is 5. The van der Waals surface area contributed by atoms with E-state index >= 15 is 0 Å². The molecule has 0 unspecified atom stereocenters. The Morgan fingerprint density at radius 3 is 2.33 bits per heavy atom. The summed E-state index contributed by atoms with van der Waals surface area (Å²) in [6, 6.07) is 7.08. The third kappa shape index (κ3) is 4.11. The Morgan fingerprint density at radius 1 is 1.12 bits per heavy atom. The average molecular weight is 346 g/mol. The minimum absolute atomic E-state index is 0.0821. The van der Waals surface area contributed by atoms with Gasteiger partial charge in [-0.15, -0.1) is 0 Å². The largest absolute Gasteiger partial charge is 0.378 e. The molecule has 2 amide bonds. The second-order valence-electron chi connectivity index (χ2n) is 6.46. The fourth-order valence-corrected chi connectivity index (χ4v) is 2.74. The molecule has 0 saturated heterocycles. The first-order valence-electron chi connectivity index (χ1n) is 7.59. The molecule has 0 bridgehead atoms. The van der Waals surface area contributed by atoms with Crippen molar-refractivity contribution < 1.29 is 9.59 Å². The van der Waals surface area contributed by atoms with Crippen LogP contribution in [0.5, 0.6) is 0 Å². The molecule has 0 radical (unpaired) electrons. The van der Waals surface area contributed by atoms with Crippen LogP contribution in [-0.4, -0.2) is 23.2 Å². The number of carbonyl (C=O) groups excluding carboxylic acids is 2. The quantitative estimate of drug-likeness (QED) is 0.788. The van der Waals surface area contributed by atoms with E-state index in [2.05, 4.69) is 20.3 Å². The van der Waals surface area contributed by atoms with Gasteiger partial charge >= 0.3 is 0 Å². The number of hydrogen-bond donors (Lipinski definition) is 3. The van der Waals surface area contributed by atoms with Gasteiger partial charge in [-0.05, 0) is 36.7 Å². The Kier molecular flexibility index (Phi) is 5.23. The second-order valence-corrected chi connectivity index (χ2v) is 7.23. The van der Waals surface area contributed by atoms with Gasteiger partial charge in [-0.1, -0.05) is 26.8 Å². The van der Waals surface area contributed by atoms with Gasteiger partial charge in [-0.3, -0.25) is 9.59 Å². The van der Waals surface area contributed by atoms with Gasteiger partial charge < -0.3 is 16.0 Å². The molecular formula is C17H22N4O2S. The van der Waals surface area contributed by atoms with Crippen LogP contribution >= 0.6 is 11.5 Å². The minimum atomic E-state index is -0.486. The highest BCUT2D eigenvalue weighted by Gasteiger charge is 2.21. The average Bonchev–Trinajstić information content (AvgIpc) is 2.87. The van der Waals surface area contributed by atoms with E-state index in [9.17, 15) is 9.59 Å². The lowest BCUT2D eigenvalue weighted by molar-refractivity contribution is -0.123. The Labute approximate surface area is 145 Å². The normalized spacial score (nSPS) is 11.0. The molecule has 6 nitrogen and oxygen atoms in total. The smallest absolute Gasteiger partial charge is 0.260 e. The lowest BCUT2D eigenvalue weighted by Crippen LogP contribution is -2.27. The molecule has 7 heteroatoms. The van der Waals surface area contributed by atoms with Crippen LogP contribution in [0.4, 0.5) is 16.4 Å². The van der Waals surface area contributed by atoms with Gasteiger partial charge in [0.2, 0.25) is 5.91 Å². The van der Waals surface area contributed by atoms with E-state index in [1.807, 2.05) is 20.8 Å².